The van der Waals surface area contributed by atoms with Crippen LogP contribution in [0, 0.1) is 0 Å². The number of rotatable bonds is 3. The number of hydrogen-bond acceptors (Lipinski definition) is 2. The van der Waals surface area contributed by atoms with Crippen molar-refractivity contribution in [2.45, 2.75) is 12.9 Å². The maximum atomic E-state index is 11.9. The van der Waals surface area contributed by atoms with Crippen LogP contribution in [0.25, 0.3) is 0 Å². The molecule has 0 aliphatic heterocycles. The summed E-state index contributed by atoms with van der Waals surface area (Å²) in [5.74, 6) is -0.311. The van der Waals surface area contributed by atoms with E-state index in [1.807, 2.05) is 0 Å². The van der Waals surface area contributed by atoms with Crippen molar-refractivity contribution in [1.29, 1.82) is 0 Å². The number of nitrogens with one attached hydrogen (secondary N) is 2. The number of amides is 2. The molecule has 0 radical (unpaired) electrons. The van der Waals surface area contributed by atoms with Gasteiger partial charge < -0.3 is 15.4 Å². The normalized spacial score (nSPS) is 10.8. The standard InChI is InChI=1S/C10H11F3N2O2/c1-14-9(16)15-6-7-3-2-4-8(5-7)17-10(11,12)13/h2-5H,6H2,1H3,(H2,14,15,16). The van der Waals surface area contributed by atoms with Crippen LogP contribution >= 0.6 is 0 Å². The summed E-state index contributed by atoms with van der Waals surface area (Å²) in [4.78, 5) is 10.9. The Morgan fingerprint density at radius 2 is 2.12 bits per heavy atom. The van der Waals surface area contributed by atoms with Crippen molar-refractivity contribution in [3.8, 4) is 5.75 Å². The molecule has 0 heterocycles. The van der Waals surface area contributed by atoms with Gasteiger partial charge in [-0.25, -0.2) is 4.79 Å². The number of alkyl halides is 3. The third kappa shape index (κ3) is 5.10. The Morgan fingerprint density at radius 1 is 1.41 bits per heavy atom. The SMILES string of the molecule is CNC(=O)NCc1cccc(OC(F)(F)F)c1. The maximum Gasteiger partial charge on any atom is 0.573 e. The molecule has 94 valence electrons. The minimum atomic E-state index is -4.72. The molecule has 1 aromatic carbocycles. The van der Waals surface area contributed by atoms with Crippen LogP contribution in [0.5, 0.6) is 5.75 Å². The van der Waals surface area contributed by atoms with Gasteiger partial charge in [0.2, 0.25) is 0 Å². The largest absolute Gasteiger partial charge is 0.573 e. The van der Waals surface area contributed by atoms with Crippen LogP contribution in [0.4, 0.5) is 18.0 Å². The molecule has 7 heteroatoms. The first-order valence-electron chi connectivity index (χ1n) is 4.71. The maximum absolute atomic E-state index is 11.9. The Kier molecular flexibility index (Phi) is 4.19. The lowest BCUT2D eigenvalue weighted by atomic mass is 10.2. The van der Waals surface area contributed by atoms with E-state index >= 15 is 0 Å². The molecule has 1 aromatic rings. The molecule has 1 rings (SSSR count). The molecule has 2 N–H and O–H groups in total. The summed E-state index contributed by atoms with van der Waals surface area (Å²) in [5.41, 5.74) is 0.510. The van der Waals surface area contributed by atoms with Crippen LogP contribution in [0.15, 0.2) is 24.3 Å². The highest BCUT2D eigenvalue weighted by Gasteiger charge is 2.31. The van der Waals surface area contributed by atoms with Crippen LogP contribution in [0.2, 0.25) is 0 Å². The summed E-state index contributed by atoms with van der Waals surface area (Å²) in [6.45, 7) is 0.120. The second-order valence-electron chi connectivity index (χ2n) is 3.13. The van der Waals surface area contributed by atoms with Crippen molar-refractivity contribution in [1.82, 2.24) is 10.6 Å². The third-order valence-electron chi connectivity index (χ3n) is 1.81. The Bertz CT molecular complexity index is 393. The minimum Gasteiger partial charge on any atom is -0.406 e. The first-order chi connectivity index (χ1) is 7.90. The number of benzene rings is 1. The summed E-state index contributed by atoms with van der Waals surface area (Å²) >= 11 is 0. The molecule has 0 aliphatic rings. The highest BCUT2D eigenvalue weighted by Crippen LogP contribution is 2.23. The van der Waals surface area contributed by atoms with Crippen molar-refractivity contribution in [2.24, 2.45) is 0 Å². The minimum absolute atomic E-state index is 0.120. The zero-order valence-corrected chi connectivity index (χ0v) is 8.97. The van der Waals surface area contributed by atoms with E-state index < -0.39 is 12.4 Å². The van der Waals surface area contributed by atoms with Crippen LogP contribution in [0.1, 0.15) is 5.56 Å². The second-order valence-corrected chi connectivity index (χ2v) is 3.13. The monoisotopic (exact) mass is 248 g/mol. The fourth-order valence-corrected chi connectivity index (χ4v) is 1.12. The quantitative estimate of drug-likeness (QED) is 0.859. The molecule has 0 unspecified atom stereocenters. The molecule has 0 saturated carbocycles. The Morgan fingerprint density at radius 3 is 2.71 bits per heavy atom. The predicted molar refractivity (Wildman–Crippen MR) is 54.4 cm³/mol. The predicted octanol–water partition coefficient (Wildman–Crippen LogP) is 2.01. The highest BCUT2D eigenvalue weighted by atomic mass is 19.4. The average molecular weight is 248 g/mol. The number of carbonyl (C=O) groups is 1. The smallest absolute Gasteiger partial charge is 0.406 e. The average Bonchev–Trinajstić information content (AvgIpc) is 2.24. The summed E-state index contributed by atoms with van der Waals surface area (Å²) in [5, 5.41) is 4.78. The van der Waals surface area contributed by atoms with Gasteiger partial charge in [-0.2, -0.15) is 0 Å². The Labute approximate surface area is 95.8 Å². The van der Waals surface area contributed by atoms with Crippen LogP contribution in [-0.4, -0.2) is 19.4 Å². The summed E-state index contributed by atoms with van der Waals surface area (Å²) in [6, 6.07) is 4.99. The molecule has 0 aromatic heterocycles. The van der Waals surface area contributed by atoms with Gasteiger partial charge in [0, 0.05) is 13.6 Å². The van der Waals surface area contributed by atoms with Crippen molar-refractivity contribution in [3.63, 3.8) is 0 Å². The molecule has 0 bridgehead atoms. The molecule has 17 heavy (non-hydrogen) atoms. The fourth-order valence-electron chi connectivity index (χ4n) is 1.12. The summed E-state index contributed by atoms with van der Waals surface area (Å²) in [7, 11) is 1.44. The molecule has 4 nitrogen and oxygen atoms in total. The first-order valence-corrected chi connectivity index (χ1v) is 4.71. The van der Waals surface area contributed by atoms with Gasteiger partial charge in [-0.15, -0.1) is 13.2 Å². The van der Waals surface area contributed by atoms with Crippen LogP contribution in [-0.2, 0) is 6.54 Å². The number of ether oxygens (including phenoxy) is 1. The van der Waals surface area contributed by atoms with E-state index in [1.54, 1.807) is 6.07 Å². The first kappa shape index (κ1) is 13.1. The zero-order valence-electron chi connectivity index (χ0n) is 8.97. The van der Waals surface area contributed by atoms with E-state index in [2.05, 4.69) is 15.4 Å². The second kappa shape index (κ2) is 5.42. The van der Waals surface area contributed by atoms with Gasteiger partial charge in [0.25, 0.3) is 0 Å². The Hall–Kier alpha value is -1.92. The molecule has 2 amide bonds. The number of urea groups is 1. The molecule has 0 spiro atoms. The van der Waals surface area contributed by atoms with E-state index in [1.165, 1.54) is 25.2 Å². The van der Waals surface area contributed by atoms with E-state index in [4.69, 9.17) is 0 Å². The third-order valence-corrected chi connectivity index (χ3v) is 1.81. The fraction of sp³-hybridized carbons (Fsp3) is 0.300. The van der Waals surface area contributed by atoms with Crippen molar-refractivity contribution in [2.75, 3.05) is 7.05 Å². The zero-order chi connectivity index (χ0) is 12.9. The molecular formula is C10H11F3N2O2. The van der Waals surface area contributed by atoms with Crippen molar-refractivity contribution < 1.29 is 22.7 Å². The lowest BCUT2D eigenvalue weighted by Gasteiger charge is -2.10. The van der Waals surface area contributed by atoms with Gasteiger partial charge in [0.05, 0.1) is 0 Å². The van der Waals surface area contributed by atoms with Gasteiger partial charge in [0.15, 0.2) is 0 Å². The van der Waals surface area contributed by atoms with Crippen LogP contribution in [0.3, 0.4) is 0 Å². The molecule has 0 atom stereocenters. The van der Waals surface area contributed by atoms with Crippen molar-refractivity contribution >= 4 is 6.03 Å². The molecule has 0 fully saturated rings. The van der Waals surface area contributed by atoms with Gasteiger partial charge >= 0.3 is 12.4 Å². The lowest BCUT2D eigenvalue weighted by molar-refractivity contribution is -0.274. The van der Waals surface area contributed by atoms with Crippen LogP contribution < -0.4 is 15.4 Å². The van der Waals surface area contributed by atoms with Crippen molar-refractivity contribution in [3.05, 3.63) is 29.8 Å². The number of carbonyl (C=O) groups excluding carboxylic acids is 1. The van der Waals surface area contributed by atoms with E-state index in [0.717, 1.165) is 0 Å². The summed E-state index contributed by atoms with van der Waals surface area (Å²) in [6.07, 6.45) is -4.72. The molecular weight excluding hydrogens is 237 g/mol. The van der Waals surface area contributed by atoms with E-state index in [0.29, 0.717) is 5.56 Å². The van der Waals surface area contributed by atoms with E-state index in [9.17, 15) is 18.0 Å². The topological polar surface area (TPSA) is 50.4 Å². The van der Waals surface area contributed by atoms with Gasteiger partial charge in [-0.05, 0) is 17.7 Å². The Balaban J connectivity index is 2.63. The number of halogens is 3. The highest BCUT2D eigenvalue weighted by molar-refractivity contribution is 5.73. The lowest BCUT2D eigenvalue weighted by Crippen LogP contribution is -2.32. The van der Waals surface area contributed by atoms with Gasteiger partial charge in [0.1, 0.15) is 5.75 Å². The van der Waals surface area contributed by atoms with Gasteiger partial charge in [-0.1, -0.05) is 12.1 Å². The summed E-state index contributed by atoms with van der Waals surface area (Å²) < 4.78 is 39.6. The molecule has 0 saturated heterocycles. The molecule has 0 aliphatic carbocycles. The van der Waals surface area contributed by atoms with Gasteiger partial charge in [-0.3, -0.25) is 0 Å². The number of hydrogen-bond donors (Lipinski definition) is 2. The van der Waals surface area contributed by atoms with E-state index in [-0.39, 0.29) is 12.3 Å².